The highest BCUT2D eigenvalue weighted by Crippen LogP contribution is 2.26. The Morgan fingerprint density at radius 2 is 2.35 bits per heavy atom. The number of benzene rings is 1. The minimum Gasteiger partial charge on any atom is -0.494 e. The first-order valence-electron chi connectivity index (χ1n) is 5.21. The summed E-state index contributed by atoms with van der Waals surface area (Å²) in [4.78, 5) is 12.0. The first kappa shape index (κ1) is 11.7. The maximum Gasteiger partial charge on any atom is 0.264 e. The fourth-order valence-corrected chi connectivity index (χ4v) is 2.16. The molecule has 1 aliphatic rings. The largest absolute Gasteiger partial charge is 0.494 e. The summed E-state index contributed by atoms with van der Waals surface area (Å²) in [6.45, 7) is 2.53. The molecule has 1 aliphatic heterocycles. The Kier molecular flexibility index (Phi) is 3.49. The van der Waals surface area contributed by atoms with Gasteiger partial charge in [-0.3, -0.25) is 10.2 Å². The molecule has 1 fully saturated rings. The second kappa shape index (κ2) is 5.05. The van der Waals surface area contributed by atoms with E-state index in [1.54, 1.807) is 6.08 Å². The molecule has 88 valence electrons. The molecule has 0 aliphatic carbocycles. The SMILES string of the molecule is CCOc1cccc(C=C2SC(=N)NC2=O)c1. The van der Waals surface area contributed by atoms with E-state index in [0.29, 0.717) is 11.5 Å². The van der Waals surface area contributed by atoms with Crippen LogP contribution in [-0.4, -0.2) is 17.7 Å². The van der Waals surface area contributed by atoms with Gasteiger partial charge in [-0.2, -0.15) is 0 Å². The highest BCUT2D eigenvalue weighted by molar-refractivity contribution is 8.18. The molecule has 1 aromatic rings. The van der Waals surface area contributed by atoms with Gasteiger partial charge in [-0.05, 0) is 42.5 Å². The average molecular weight is 248 g/mol. The first-order valence-corrected chi connectivity index (χ1v) is 6.03. The number of amidine groups is 1. The van der Waals surface area contributed by atoms with E-state index in [4.69, 9.17) is 10.1 Å². The van der Waals surface area contributed by atoms with Crippen molar-refractivity contribution in [1.29, 1.82) is 5.41 Å². The molecular weight excluding hydrogens is 236 g/mol. The molecule has 2 N–H and O–H groups in total. The third-order valence-electron chi connectivity index (χ3n) is 2.13. The Balaban J connectivity index is 2.23. The minimum absolute atomic E-state index is 0.169. The fraction of sp³-hybridized carbons (Fsp3) is 0.167. The number of nitrogens with one attached hydrogen (secondary N) is 2. The van der Waals surface area contributed by atoms with Crippen LogP contribution in [0.2, 0.25) is 0 Å². The highest BCUT2D eigenvalue weighted by atomic mass is 32.2. The van der Waals surface area contributed by atoms with Crippen LogP contribution in [0.3, 0.4) is 0 Å². The van der Waals surface area contributed by atoms with E-state index in [2.05, 4.69) is 5.32 Å². The van der Waals surface area contributed by atoms with Crippen molar-refractivity contribution in [3.63, 3.8) is 0 Å². The minimum atomic E-state index is -0.221. The molecular formula is C12H12N2O2S. The standard InChI is InChI=1S/C12H12N2O2S/c1-2-16-9-5-3-4-8(6-9)7-10-11(15)14-12(13)17-10/h3-7H,2H2,1H3,(H2,13,14,15). The monoisotopic (exact) mass is 248 g/mol. The molecule has 1 saturated heterocycles. The summed E-state index contributed by atoms with van der Waals surface area (Å²) in [5.41, 5.74) is 0.892. The van der Waals surface area contributed by atoms with Crippen LogP contribution in [-0.2, 0) is 4.79 Å². The van der Waals surface area contributed by atoms with Crippen molar-refractivity contribution in [1.82, 2.24) is 5.32 Å². The zero-order chi connectivity index (χ0) is 12.3. The van der Waals surface area contributed by atoms with Gasteiger partial charge in [-0.15, -0.1) is 0 Å². The molecule has 0 aromatic heterocycles. The van der Waals surface area contributed by atoms with Crippen LogP contribution in [0.4, 0.5) is 0 Å². The van der Waals surface area contributed by atoms with Crippen molar-refractivity contribution in [3.05, 3.63) is 34.7 Å². The predicted octanol–water partition coefficient (Wildman–Crippen LogP) is 2.22. The average Bonchev–Trinajstić information content (AvgIpc) is 2.58. The van der Waals surface area contributed by atoms with E-state index in [-0.39, 0.29) is 11.1 Å². The second-order valence-corrected chi connectivity index (χ2v) is 4.45. The number of carbonyl (C=O) groups is 1. The topological polar surface area (TPSA) is 62.2 Å². The third-order valence-corrected chi connectivity index (χ3v) is 2.96. The number of carbonyl (C=O) groups excluding carboxylic acids is 1. The van der Waals surface area contributed by atoms with Gasteiger partial charge in [0.1, 0.15) is 5.75 Å². The van der Waals surface area contributed by atoms with Crippen LogP contribution in [0.25, 0.3) is 6.08 Å². The summed E-state index contributed by atoms with van der Waals surface area (Å²) in [5.74, 6) is 0.558. The van der Waals surface area contributed by atoms with Gasteiger partial charge in [-0.25, -0.2) is 0 Å². The zero-order valence-corrected chi connectivity index (χ0v) is 10.1. The smallest absolute Gasteiger partial charge is 0.264 e. The van der Waals surface area contributed by atoms with Crippen molar-refractivity contribution in [2.45, 2.75) is 6.92 Å². The van der Waals surface area contributed by atoms with E-state index >= 15 is 0 Å². The summed E-state index contributed by atoms with van der Waals surface area (Å²) in [5, 5.41) is 9.95. The van der Waals surface area contributed by atoms with E-state index in [1.807, 2.05) is 31.2 Å². The van der Waals surface area contributed by atoms with Gasteiger partial charge < -0.3 is 10.1 Å². The van der Waals surface area contributed by atoms with E-state index < -0.39 is 0 Å². The van der Waals surface area contributed by atoms with E-state index in [9.17, 15) is 4.79 Å². The fourth-order valence-electron chi connectivity index (χ4n) is 1.45. The van der Waals surface area contributed by atoms with Crippen molar-refractivity contribution < 1.29 is 9.53 Å². The predicted molar refractivity (Wildman–Crippen MR) is 69.0 cm³/mol. The van der Waals surface area contributed by atoms with Gasteiger partial charge >= 0.3 is 0 Å². The van der Waals surface area contributed by atoms with Crippen molar-refractivity contribution >= 4 is 28.9 Å². The van der Waals surface area contributed by atoms with Gasteiger partial charge in [0.25, 0.3) is 5.91 Å². The molecule has 4 nitrogen and oxygen atoms in total. The molecule has 0 bridgehead atoms. The normalized spacial score (nSPS) is 17.4. The molecule has 1 aromatic carbocycles. The lowest BCUT2D eigenvalue weighted by atomic mass is 10.2. The highest BCUT2D eigenvalue weighted by Gasteiger charge is 2.21. The first-order chi connectivity index (χ1) is 8.19. The Labute approximate surface area is 104 Å². The van der Waals surface area contributed by atoms with Crippen molar-refractivity contribution in [3.8, 4) is 5.75 Å². The summed E-state index contributed by atoms with van der Waals surface area (Å²) in [6.07, 6.45) is 1.75. The van der Waals surface area contributed by atoms with Crippen LogP contribution in [0.1, 0.15) is 12.5 Å². The van der Waals surface area contributed by atoms with Crippen LogP contribution in [0, 0.1) is 5.41 Å². The maximum absolute atomic E-state index is 11.4. The Bertz CT molecular complexity index is 497. The van der Waals surface area contributed by atoms with Gasteiger partial charge in [0, 0.05) is 0 Å². The second-order valence-electron chi connectivity index (χ2n) is 3.40. The molecule has 5 heteroatoms. The number of hydrogen-bond donors (Lipinski definition) is 2. The molecule has 1 amide bonds. The molecule has 0 radical (unpaired) electrons. The molecule has 0 spiro atoms. The Morgan fingerprint density at radius 1 is 1.53 bits per heavy atom. The molecule has 0 unspecified atom stereocenters. The summed E-state index contributed by atoms with van der Waals surface area (Å²) >= 11 is 1.13. The van der Waals surface area contributed by atoms with Crippen LogP contribution in [0.5, 0.6) is 5.75 Å². The summed E-state index contributed by atoms with van der Waals surface area (Å²) in [7, 11) is 0. The van der Waals surface area contributed by atoms with Crippen LogP contribution < -0.4 is 10.1 Å². The quantitative estimate of drug-likeness (QED) is 0.806. The molecule has 0 saturated carbocycles. The number of ether oxygens (including phenoxy) is 1. The van der Waals surface area contributed by atoms with Crippen LogP contribution in [0.15, 0.2) is 29.2 Å². The van der Waals surface area contributed by atoms with Gasteiger partial charge in [0.2, 0.25) is 0 Å². The molecule has 2 rings (SSSR count). The van der Waals surface area contributed by atoms with Crippen molar-refractivity contribution in [2.24, 2.45) is 0 Å². The number of thioether (sulfide) groups is 1. The van der Waals surface area contributed by atoms with E-state index in [1.165, 1.54) is 0 Å². The molecule has 1 heterocycles. The zero-order valence-electron chi connectivity index (χ0n) is 9.32. The van der Waals surface area contributed by atoms with E-state index in [0.717, 1.165) is 23.1 Å². The summed E-state index contributed by atoms with van der Waals surface area (Å²) < 4.78 is 5.38. The Morgan fingerprint density at radius 3 is 3.00 bits per heavy atom. The summed E-state index contributed by atoms with van der Waals surface area (Å²) in [6, 6.07) is 7.51. The van der Waals surface area contributed by atoms with Crippen LogP contribution >= 0.6 is 11.8 Å². The molecule has 0 atom stereocenters. The number of rotatable bonds is 3. The maximum atomic E-state index is 11.4. The van der Waals surface area contributed by atoms with Gasteiger partial charge in [0.05, 0.1) is 11.5 Å². The lowest BCUT2D eigenvalue weighted by Crippen LogP contribution is -2.18. The number of hydrogen-bond acceptors (Lipinski definition) is 4. The third kappa shape index (κ3) is 2.88. The number of amides is 1. The molecule has 17 heavy (non-hydrogen) atoms. The lowest BCUT2D eigenvalue weighted by Gasteiger charge is -2.03. The van der Waals surface area contributed by atoms with Gasteiger partial charge in [0.15, 0.2) is 5.17 Å². The van der Waals surface area contributed by atoms with Gasteiger partial charge in [-0.1, -0.05) is 12.1 Å². The lowest BCUT2D eigenvalue weighted by molar-refractivity contribution is -0.115. The Hall–Kier alpha value is -1.75. The van der Waals surface area contributed by atoms with Crippen molar-refractivity contribution in [2.75, 3.05) is 6.61 Å².